The summed E-state index contributed by atoms with van der Waals surface area (Å²) in [6, 6.07) is 5.77. The van der Waals surface area contributed by atoms with Crippen molar-refractivity contribution in [1.29, 1.82) is 0 Å². The van der Waals surface area contributed by atoms with Gasteiger partial charge in [0.2, 0.25) is 23.5 Å². The molecular formula is C23H30N6O3. The number of rotatable bonds is 5. The highest BCUT2D eigenvalue weighted by Crippen LogP contribution is 2.30. The number of carbonyl (C=O) groups excluding carboxylic acids is 2. The van der Waals surface area contributed by atoms with E-state index < -0.39 is 0 Å². The fourth-order valence-electron chi connectivity index (χ4n) is 3.97. The number of nitrogens with one attached hydrogen (secondary N) is 1. The van der Waals surface area contributed by atoms with Crippen molar-refractivity contribution in [3.63, 3.8) is 0 Å². The van der Waals surface area contributed by atoms with Gasteiger partial charge in [-0.3, -0.25) is 14.3 Å². The van der Waals surface area contributed by atoms with Crippen molar-refractivity contribution in [2.75, 3.05) is 20.1 Å². The summed E-state index contributed by atoms with van der Waals surface area (Å²) in [7, 11) is 1.60. The Labute approximate surface area is 187 Å². The first-order valence-electron chi connectivity index (χ1n) is 11.0. The van der Waals surface area contributed by atoms with Gasteiger partial charge in [0.25, 0.3) is 0 Å². The molecule has 2 aromatic heterocycles. The maximum absolute atomic E-state index is 12.5. The van der Waals surface area contributed by atoms with Crippen LogP contribution in [0.5, 0.6) is 0 Å². The number of likely N-dealkylation sites (tertiary alicyclic amines) is 1. The third-order valence-electron chi connectivity index (χ3n) is 5.72. The van der Waals surface area contributed by atoms with E-state index in [0.717, 1.165) is 29.3 Å². The van der Waals surface area contributed by atoms with Crippen LogP contribution in [0.25, 0.3) is 22.3 Å². The zero-order chi connectivity index (χ0) is 22.9. The lowest BCUT2D eigenvalue weighted by molar-refractivity contribution is -0.134. The van der Waals surface area contributed by atoms with E-state index in [1.54, 1.807) is 11.7 Å². The van der Waals surface area contributed by atoms with Crippen molar-refractivity contribution in [2.45, 2.75) is 52.5 Å². The third-order valence-corrected chi connectivity index (χ3v) is 5.72. The Morgan fingerprint density at radius 2 is 1.97 bits per heavy atom. The van der Waals surface area contributed by atoms with E-state index in [1.807, 2.05) is 29.3 Å². The molecule has 0 saturated carbocycles. The molecule has 9 heteroatoms. The van der Waals surface area contributed by atoms with Crippen LogP contribution in [0.15, 0.2) is 28.9 Å². The van der Waals surface area contributed by atoms with Crippen LogP contribution in [-0.2, 0) is 16.1 Å². The minimum atomic E-state index is -0.105. The van der Waals surface area contributed by atoms with Crippen molar-refractivity contribution in [2.24, 2.45) is 5.41 Å². The second-order valence-electron chi connectivity index (χ2n) is 9.62. The van der Waals surface area contributed by atoms with Crippen molar-refractivity contribution in [3.05, 3.63) is 30.3 Å². The molecule has 0 bridgehead atoms. The van der Waals surface area contributed by atoms with Gasteiger partial charge < -0.3 is 14.7 Å². The Morgan fingerprint density at radius 1 is 1.22 bits per heavy atom. The predicted octanol–water partition coefficient (Wildman–Crippen LogP) is 2.97. The number of fused-ring (bicyclic) bond motifs is 1. The number of hydrogen-bond acceptors (Lipinski definition) is 6. The Kier molecular flexibility index (Phi) is 5.99. The Morgan fingerprint density at radius 3 is 2.66 bits per heavy atom. The Bertz CT molecular complexity index is 1120. The highest BCUT2D eigenvalue weighted by molar-refractivity contribution is 5.83. The Balaban J connectivity index is 1.42. The lowest BCUT2D eigenvalue weighted by Gasteiger charge is -2.32. The first-order valence-corrected chi connectivity index (χ1v) is 11.0. The smallest absolute Gasteiger partial charge is 0.241 e. The fraction of sp³-hybridized carbons (Fsp3) is 0.522. The van der Waals surface area contributed by atoms with Crippen molar-refractivity contribution < 1.29 is 14.1 Å². The fourth-order valence-corrected chi connectivity index (χ4v) is 3.97. The maximum Gasteiger partial charge on any atom is 0.241 e. The molecule has 4 rings (SSSR count). The molecule has 3 aromatic rings. The monoisotopic (exact) mass is 438 g/mol. The van der Waals surface area contributed by atoms with E-state index in [-0.39, 0.29) is 29.7 Å². The van der Waals surface area contributed by atoms with Crippen LogP contribution >= 0.6 is 0 Å². The summed E-state index contributed by atoms with van der Waals surface area (Å²) in [4.78, 5) is 30.6. The topological polar surface area (TPSA) is 106 Å². The van der Waals surface area contributed by atoms with Crippen molar-refractivity contribution >= 4 is 22.7 Å². The summed E-state index contributed by atoms with van der Waals surface area (Å²) in [6.07, 6.45) is 4.04. The van der Waals surface area contributed by atoms with Crippen molar-refractivity contribution in [3.8, 4) is 11.4 Å². The molecule has 0 aliphatic carbocycles. The summed E-state index contributed by atoms with van der Waals surface area (Å²) < 4.78 is 7.19. The highest BCUT2D eigenvalue weighted by Gasteiger charge is 2.29. The van der Waals surface area contributed by atoms with Gasteiger partial charge in [-0.1, -0.05) is 38.1 Å². The van der Waals surface area contributed by atoms with Crippen LogP contribution < -0.4 is 5.32 Å². The van der Waals surface area contributed by atoms with Crippen LogP contribution in [-0.4, -0.2) is 56.8 Å². The molecule has 1 saturated heterocycles. The van der Waals surface area contributed by atoms with Crippen LogP contribution in [0, 0.1) is 5.41 Å². The third kappa shape index (κ3) is 4.98. The minimum Gasteiger partial charge on any atom is -0.358 e. The summed E-state index contributed by atoms with van der Waals surface area (Å²) in [6.45, 7) is 7.85. The number of likely N-dealkylation sites (N-methyl/N-ethyl adjacent to an activating group) is 1. The number of nitrogens with zero attached hydrogens (tertiary/aromatic N) is 5. The van der Waals surface area contributed by atoms with E-state index >= 15 is 0 Å². The number of amides is 2. The second kappa shape index (κ2) is 8.72. The number of hydrogen-bond donors (Lipinski definition) is 1. The lowest BCUT2D eigenvalue weighted by atomic mass is 9.90. The van der Waals surface area contributed by atoms with Crippen LogP contribution in [0.4, 0.5) is 0 Å². The molecule has 0 spiro atoms. The van der Waals surface area contributed by atoms with E-state index in [4.69, 9.17) is 4.52 Å². The summed E-state index contributed by atoms with van der Waals surface area (Å²) in [5.41, 5.74) is 1.58. The van der Waals surface area contributed by atoms with Gasteiger partial charge in [0.15, 0.2) is 0 Å². The van der Waals surface area contributed by atoms with Gasteiger partial charge in [0.1, 0.15) is 6.54 Å². The summed E-state index contributed by atoms with van der Waals surface area (Å²) in [5, 5.41) is 12.2. The van der Waals surface area contributed by atoms with Gasteiger partial charge in [-0.2, -0.15) is 10.1 Å². The molecule has 1 aromatic carbocycles. The number of piperidine rings is 1. The molecule has 0 atom stereocenters. The van der Waals surface area contributed by atoms with Crippen LogP contribution in [0.2, 0.25) is 0 Å². The van der Waals surface area contributed by atoms with E-state index in [1.165, 1.54) is 0 Å². The molecule has 0 radical (unpaired) electrons. The highest BCUT2D eigenvalue weighted by atomic mass is 16.5. The van der Waals surface area contributed by atoms with Gasteiger partial charge in [-0.25, -0.2) is 0 Å². The van der Waals surface area contributed by atoms with Gasteiger partial charge in [-0.15, -0.1) is 0 Å². The van der Waals surface area contributed by atoms with E-state index in [0.29, 0.717) is 31.2 Å². The van der Waals surface area contributed by atoms with Gasteiger partial charge in [-0.05, 0) is 24.3 Å². The molecule has 1 aliphatic heterocycles. The summed E-state index contributed by atoms with van der Waals surface area (Å²) in [5.74, 6) is 1.41. The average molecular weight is 439 g/mol. The van der Waals surface area contributed by atoms with E-state index in [9.17, 15) is 9.59 Å². The number of carbonyl (C=O) groups is 2. The first-order chi connectivity index (χ1) is 15.2. The zero-order valence-corrected chi connectivity index (χ0v) is 19.1. The van der Waals surface area contributed by atoms with Crippen LogP contribution in [0.3, 0.4) is 0 Å². The normalized spacial score (nSPS) is 15.3. The SMILES string of the molecule is CNC(=O)Cn1cc2ccc(-c3noc(C4CCN(C(=O)CC(C)(C)C)CC4)n3)cc2n1. The first kappa shape index (κ1) is 22.0. The van der Waals surface area contributed by atoms with Crippen LogP contribution in [0.1, 0.15) is 51.8 Å². The molecule has 2 amide bonds. The number of benzene rings is 1. The molecule has 9 nitrogen and oxygen atoms in total. The van der Waals surface area contributed by atoms with Crippen molar-refractivity contribution in [1.82, 2.24) is 30.1 Å². The van der Waals surface area contributed by atoms with E-state index in [2.05, 4.69) is 41.3 Å². The largest absolute Gasteiger partial charge is 0.358 e. The zero-order valence-electron chi connectivity index (χ0n) is 19.1. The molecule has 1 N–H and O–H groups in total. The van der Waals surface area contributed by atoms with Gasteiger partial charge in [0, 0.05) is 49.6 Å². The molecular weight excluding hydrogens is 408 g/mol. The number of aromatic nitrogens is 4. The van der Waals surface area contributed by atoms with Gasteiger partial charge in [0.05, 0.1) is 5.52 Å². The molecule has 1 fully saturated rings. The Hall–Kier alpha value is -3.23. The predicted molar refractivity (Wildman–Crippen MR) is 120 cm³/mol. The standard InChI is InChI=1S/C23H30N6O3/c1-23(2,3)12-20(31)28-9-7-15(8-10-28)22-25-21(27-32-22)16-5-6-17-13-29(14-19(30)24-4)26-18(17)11-16/h5-6,11,13,15H,7-10,12,14H2,1-4H3,(H,24,30). The van der Waals surface area contributed by atoms with Gasteiger partial charge >= 0.3 is 0 Å². The average Bonchev–Trinajstić information content (AvgIpc) is 3.38. The minimum absolute atomic E-state index is 0.00528. The quantitative estimate of drug-likeness (QED) is 0.656. The molecule has 32 heavy (non-hydrogen) atoms. The molecule has 1 aliphatic rings. The lowest BCUT2D eigenvalue weighted by Crippen LogP contribution is -2.39. The second-order valence-corrected chi connectivity index (χ2v) is 9.62. The summed E-state index contributed by atoms with van der Waals surface area (Å²) >= 11 is 0. The molecule has 0 unspecified atom stereocenters. The maximum atomic E-state index is 12.5. The molecule has 170 valence electrons. The molecule has 3 heterocycles.